The van der Waals surface area contributed by atoms with Crippen molar-refractivity contribution in [3.63, 3.8) is 0 Å². The topological polar surface area (TPSA) is 98.4 Å². The summed E-state index contributed by atoms with van der Waals surface area (Å²) >= 11 is 6.60. The molecule has 3 heterocycles. The number of aromatic nitrogens is 3. The first-order chi connectivity index (χ1) is 20.5. The van der Waals surface area contributed by atoms with Crippen LogP contribution < -0.4 is 15.4 Å². The number of carbonyl (C=O) groups is 1. The highest BCUT2D eigenvalue weighted by Gasteiger charge is 2.23. The Bertz CT molecular complexity index is 1530. The van der Waals surface area contributed by atoms with E-state index in [1.54, 1.807) is 6.20 Å². The van der Waals surface area contributed by atoms with Gasteiger partial charge in [-0.2, -0.15) is 0 Å². The third-order valence-corrected chi connectivity index (χ3v) is 7.70. The molecule has 2 aromatic carbocycles. The Morgan fingerprint density at radius 1 is 1.14 bits per heavy atom. The standard InChI is InChI=1S/C32H39ClFN7O2/c1-32(2,20-40(3)4)39-27(42)19-43-25-11-7-22(8-12-25)30-37-29-28(26(33)17-35-31(29)38-30)36-24-13-15-41(16-14-24)18-21-5-9-23(34)10-6-21/h5-12,17,24H,13-16,18-20H2,1-4H3,(H,39,42)(H2,35,36,37,38). The Labute approximate surface area is 256 Å². The van der Waals surface area contributed by atoms with Crippen molar-refractivity contribution in [2.24, 2.45) is 0 Å². The zero-order valence-corrected chi connectivity index (χ0v) is 25.8. The summed E-state index contributed by atoms with van der Waals surface area (Å²) in [5.74, 6) is 0.873. The minimum absolute atomic E-state index is 0.0660. The van der Waals surface area contributed by atoms with Gasteiger partial charge < -0.3 is 25.3 Å². The molecule has 228 valence electrons. The maximum Gasteiger partial charge on any atom is 0.258 e. The number of nitrogens with one attached hydrogen (secondary N) is 3. The number of halogens is 2. The third-order valence-electron chi connectivity index (χ3n) is 7.41. The van der Waals surface area contributed by atoms with E-state index in [2.05, 4.69) is 25.5 Å². The molecule has 4 aromatic rings. The minimum Gasteiger partial charge on any atom is -0.484 e. The molecule has 2 aromatic heterocycles. The number of anilines is 1. The van der Waals surface area contributed by atoms with Crippen LogP contribution >= 0.6 is 11.6 Å². The Balaban J connectivity index is 1.19. The molecule has 0 radical (unpaired) electrons. The fraction of sp³-hybridized carbons (Fsp3) is 0.406. The number of benzene rings is 2. The molecule has 0 aliphatic carbocycles. The molecule has 1 saturated heterocycles. The van der Waals surface area contributed by atoms with Gasteiger partial charge in [0.2, 0.25) is 0 Å². The average molecular weight is 608 g/mol. The smallest absolute Gasteiger partial charge is 0.258 e. The molecule has 9 nitrogen and oxygen atoms in total. The number of piperidine rings is 1. The van der Waals surface area contributed by atoms with Crippen LogP contribution in [-0.4, -0.2) is 82.6 Å². The summed E-state index contributed by atoms with van der Waals surface area (Å²) < 4.78 is 19.0. The number of rotatable bonds is 11. The lowest BCUT2D eigenvalue weighted by Gasteiger charge is -2.33. The average Bonchev–Trinajstić information content (AvgIpc) is 3.40. The number of likely N-dealkylation sites (N-methyl/N-ethyl adjacent to an activating group) is 1. The third kappa shape index (κ3) is 8.22. The van der Waals surface area contributed by atoms with E-state index >= 15 is 0 Å². The quantitative estimate of drug-likeness (QED) is 0.212. The summed E-state index contributed by atoms with van der Waals surface area (Å²) in [6, 6.07) is 14.4. The molecule has 1 aliphatic rings. The summed E-state index contributed by atoms with van der Waals surface area (Å²) in [7, 11) is 3.94. The van der Waals surface area contributed by atoms with Crippen LogP contribution in [0.2, 0.25) is 5.02 Å². The number of fused-ring (bicyclic) bond motifs is 1. The number of amides is 1. The number of aromatic amines is 1. The van der Waals surface area contributed by atoms with Gasteiger partial charge in [-0.05, 0) is 82.7 Å². The van der Waals surface area contributed by atoms with E-state index in [0.717, 1.165) is 55.8 Å². The first-order valence-corrected chi connectivity index (χ1v) is 14.9. The van der Waals surface area contributed by atoms with Gasteiger partial charge in [0.25, 0.3) is 5.91 Å². The largest absolute Gasteiger partial charge is 0.484 e. The van der Waals surface area contributed by atoms with Gasteiger partial charge in [-0.3, -0.25) is 9.69 Å². The van der Waals surface area contributed by atoms with Crippen LogP contribution in [0.1, 0.15) is 32.3 Å². The molecular weight excluding hydrogens is 569 g/mol. The fourth-order valence-electron chi connectivity index (χ4n) is 5.59. The predicted octanol–water partition coefficient (Wildman–Crippen LogP) is 5.33. The molecule has 11 heteroatoms. The van der Waals surface area contributed by atoms with E-state index in [0.29, 0.717) is 27.8 Å². The maximum atomic E-state index is 13.2. The van der Waals surface area contributed by atoms with Gasteiger partial charge in [0, 0.05) is 43.3 Å². The summed E-state index contributed by atoms with van der Waals surface area (Å²) in [6.45, 7) is 7.28. The van der Waals surface area contributed by atoms with Crippen molar-refractivity contribution in [2.45, 2.75) is 44.8 Å². The summed E-state index contributed by atoms with van der Waals surface area (Å²) in [6.07, 6.45) is 3.54. The number of hydrogen-bond acceptors (Lipinski definition) is 7. The molecule has 0 unspecified atom stereocenters. The lowest BCUT2D eigenvalue weighted by molar-refractivity contribution is -0.124. The van der Waals surface area contributed by atoms with Gasteiger partial charge in [0.15, 0.2) is 12.3 Å². The zero-order chi connectivity index (χ0) is 30.6. The number of imidazole rings is 1. The van der Waals surface area contributed by atoms with E-state index in [1.165, 1.54) is 12.1 Å². The number of hydrogen-bond donors (Lipinski definition) is 3. The summed E-state index contributed by atoms with van der Waals surface area (Å²) in [5.41, 5.74) is 3.72. The van der Waals surface area contributed by atoms with Crippen LogP contribution in [0, 0.1) is 5.82 Å². The van der Waals surface area contributed by atoms with Crippen LogP contribution in [0.5, 0.6) is 5.75 Å². The number of carbonyl (C=O) groups excluding carboxylic acids is 1. The molecule has 0 spiro atoms. The van der Waals surface area contributed by atoms with Gasteiger partial charge in [0.1, 0.15) is 22.9 Å². The first kappa shape index (κ1) is 30.7. The highest BCUT2D eigenvalue weighted by Crippen LogP contribution is 2.32. The van der Waals surface area contributed by atoms with Crippen LogP contribution in [0.4, 0.5) is 10.1 Å². The fourth-order valence-corrected chi connectivity index (χ4v) is 5.79. The molecule has 0 atom stereocenters. The van der Waals surface area contributed by atoms with E-state index in [4.69, 9.17) is 21.3 Å². The number of ether oxygens (including phenoxy) is 1. The van der Waals surface area contributed by atoms with Gasteiger partial charge in [0.05, 0.1) is 16.9 Å². The molecule has 1 fully saturated rings. The van der Waals surface area contributed by atoms with Crippen LogP contribution in [0.3, 0.4) is 0 Å². The maximum absolute atomic E-state index is 13.2. The first-order valence-electron chi connectivity index (χ1n) is 14.5. The van der Waals surface area contributed by atoms with Crippen LogP contribution in [0.15, 0.2) is 54.7 Å². The van der Waals surface area contributed by atoms with Gasteiger partial charge in [-0.15, -0.1) is 0 Å². The highest BCUT2D eigenvalue weighted by atomic mass is 35.5. The van der Waals surface area contributed by atoms with Crippen molar-refractivity contribution in [3.05, 3.63) is 71.1 Å². The Morgan fingerprint density at radius 3 is 2.51 bits per heavy atom. The minimum atomic E-state index is -0.359. The van der Waals surface area contributed by atoms with Crippen molar-refractivity contribution in [3.8, 4) is 17.1 Å². The Kier molecular flexibility index (Phi) is 9.49. The van der Waals surface area contributed by atoms with E-state index in [1.807, 2.05) is 69.2 Å². The number of nitrogens with zero attached hydrogens (tertiary/aromatic N) is 4. The highest BCUT2D eigenvalue weighted by molar-refractivity contribution is 6.34. The Hall–Kier alpha value is -3.73. The number of H-pyrrole nitrogens is 1. The molecule has 1 aliphatic heterocycles. The second-order valence-corrected chi connectivity index (χ2v) is 12.5. The van der Waals surface area contributed by atoms with E-state index < -0.39 is 0 Å². The Morgan fingerprint density at radius 2 is 1.84 bits per heavy atom. The summed E-state index contributed by atoms with van der Waals surface area (Å²) in [4.78, 5) is 29.4. The van der Waals surface area contributed by atoms with E-state index in [-0.39, 0.29) is 29.9 Å². The van der Waals surface area contributed by atoms with Crippen molar-refractivity contribution in [1.82, 2.24) is 30.1 Å². The molecule has 5 rings (SSSR count). The number of likely N-dealkylation sites (tertiary alicyclic amines) is 1. The monoisotopic (exact) mass is 607 g/mol. The zero-order valence-electron chi connectivity index (χ0n) is 25.1. The molecule has 1 amide bonds. The van der Waals surface area contributed by atoms with Crippen molar-refractivity contribution in [2.75, 3.05) is 45.7 Å². The second-order valence-electron chi connectivity index (χ2n) is 12.1. The van der Waals surface area contributed by atoms with Crippen LogP contribution in [0.25, 0.3) is 22.6 Å². The van der Waals surface area contributed by atoms with E-state index in [9.17, 15) is 9.18 Å². The van der Waals surface area contributed by atoms with Crippen LogP contribution in [-0.2, 0) is 11.3 Å². The van der Waals surface area contributed by atoms with Crippen molar-refractivity contribution < 1.29 is 13.9 Å². The number of pyridine rings is 1. The van der Waals surface area contributed by atoms with Crippen molar-refractivity contribution in [1.29, 1.82) is 0 Å². The van der Waals surface area contributed by atoms with Gasteiger partial charge in [-0.1, -0.05) is 23.7 Å². The second kappa shape index (κ2) is 13.3. The van der Waals surface area contributed by atoms with Crippen molar-refractivity contribution >= 4 is 34.4 Å². The molecule has 0 bridgehead atoms. The lowest BCUT2D eigenvalue weighted by atomic mass is 10.0. The molecule has 43 heavy (non-hydrogen) atoms. The van der Waals surface area contributed by atoms with Gasteiger partial charge in [-0.25, -0.2) is 14.4 Å². The molecule has 3 N–H and O–H groups in total. The lowest BCUT2D eigenvalue weighted by Crippen LogP contribution is -2.51. The molecular formula is C32H39ClFN7O2. The molecule has 0 saturated carbocycles. The summed E-state index contributed by atoms with van der Waals surface area (Å²) in [5, 5.41) is 7.15. The normalized spacial score (nSPS) is 14.8. The predicted molar refractivity (Wildman–Crippen MR) is 169 cm³/mol. The van der Waals surface area contributed by atoms with Gasteiger partial charge >= 0.3 is 0 Å². The SMILES string of the molecule is CN(C)CC(C)(C)NC(=O)COc1ccc(-c2nc3c(NC4CCN(Cc5ccc(F)cc5)CC4)c(Cl)cnc3[nH]2)cc1.